The van der Waals surface area contributed by atoms with Crippen molar-refractivity contribution in [3.05, 3.63) is 23.8 Å². The molecule has 1 aromatic carbocycles. The molecule has 0 aliphatic carbocycles. The van der Waals surface area contributed by atoms with Crippen molar-refractivity contribution in [1.82, 2.24) is 4.90 Å². The minimum atomic E-state index is 0.0221. The average Bonchev–Trinajstić information content (AvgIpc) is 2.39. The van der Waals surface area contributed by atoms with Crippen molar-refractivity contribution in [2.75, 3.05) is 25.9 Å². The second kappa shape index (κ2) is 5.08. The van der Waals surface area contributed by atoms with Gasteiger partial charge < -0.3 is 15.4 Å². The molecule has 1 heterocycles. The van der Waals surface area contributed by atoms with Crippen molar-refractivity contribution in [2.24, 2.45) is 0 Å². The van der Waals surface area contributed by atoms with E-state index < -0.39 is 0 Å². The normalized spacial score (nSPS) is 15.7. The largest absolute Gasteiger partial charge is 0.496 e. The lowest BCUT2D eigenvalue weighted by molar-refractivity contribution is 0.0721. The maximum Gasteiger partial charge on any atom is 0.257 e. The number of nitrogen functional groups attached to an aromatic ring is 1. The van der Waals surface area contributed by atoms with Crippen LogP contribution in [0.1, 0.15) is 29.6 Å². The second-order valence-corrected chi connectivity index (χ2v) is 4.31. The van der Waals surface area contributed by atoms with Gasteiger partial charge in [0.15, 0.2) is 0 Å². The molecule has 2 N–H and O–H groups in total. The third kappa shape index (κ3) is 2.52. The van der Waals surface area contributed by atoms with Crippen molar-refractivity contribution < 1.29 is 9.53 Å². The van der Waals surface area contributed by atoms with E-state index in [2.05, 4.69) is 0 Å². The van der Waals surface area contributed by atoms with Crippen LogP contribution in [-0.2, 0) is 0 Å². The Labute approximate surface area is 101 Å². The maximum atomic E-state index is 12.3. The number of likely N-dealkylation sites (tertiary alicyclic amines) is 1. The summed E-state index contributed by atoms with van der Waals surface area (Å²) in [7, 11) is 1.57. The van der Waals surface area contributed by atoms with Gasteiger partial charge in [0.2, 0.25) is 0 Å². The molecule has 1 fully saturated rings. The molecule has 0 radical (unpaired) electrons. The molecular formula is C13H18N2O2. The predicted octanol–water partition coefficient (Wildman–Crippen LogP) is 1.90. The van der Waals surface area contributed by atoms with E-state index in [9.17, 15) is 4.79 Å². The van der Waals surface area contributed by atoms with E-state index in [0.29, 0.717) is 17.0 Å². The van der Waals surface area contributed by atoms with Crippen molar-refractivity contribution in [3.63, 3.8) is 0 Å². The highest BCUT2D eigenvalue weighted by Crippen LogP contribution is 2.24. The quantitative estimate of drug-likeness (QED) is 0.795. The molecule has 0 bridgehead atoms. The average molecular weight is 234 g/mol. The molecule has 4 nitrogen and oxygen atoms in total. The molecular weight excluding hydrogens is 216 g/mol. The number of benzene rings is 1. The van der Waals surface area contributed by atoms with E-state index in [1.165, 1.54) is 6.42 Å². The van der Waals surface area contributed by atoms with Crippen LogP contribution in [0.2, 0.25) is 0 Å². The van der Waals surface area contributed by atoms with Gasteiger partial charge in [0.05, 0.1) is 12.7 Å². The summed E-state index contributed by atoms with van der Waals surface area (Å²) in [5, 5.41) is 0. The van der Waals surface area contributed by atoms with Crippen LogP contribution >= 0.6 is 0 Å². The Morgan fingerprint density at radius 1 is 1.29 bits per heavy atom. The topological polar surface area (TPSA) is 55.6 Å². The number of hydrogen-bond donors (Lipinski definition) is 1. The van der Waals surface area contributed by atoms with Gasteiger partial charge in [-0.05, 0) is 37.5 Å². The lowest BCUT2D eigenvalue weighted by atomic mass is 10.1. The number of nitrogens with two attached hydrogens (primary N) is 1. The zero-order valence-electron chi connectivity index (χ0n) is 10.1. The molecule has 0 saturated carbocycles. The molecule has 0 atom stereocenters. The highest BCUT2D eigenvalue weighted by atomic mass is 16.5. The number of carbonyl (C=O) groups is 1. The van der Waals surface area contributed by atoms with Crippen molar-refractivity contribution in [2.45, 2.75) is 19.3 Å². The minimum absolute atomic E-state index is 0.0221. The van der Waals surface area contributed by atoms with E-state index >= 15 is 0 Å². The molecule has 2 rings (SSSR count). The van der Waals surface area contributed by atoms with Crippen molar-refractivity contribution in [1.29, 1.82) is 0 Å². The zero-order chi connectivity index (χ0) is 12.3. The first-order valence-corrected chi connectivity index (χ1v) is 5.95. The molecule has 1 aliphatic heterocycles. The molecule has 0 spiro atoms. The van der Waals surface area contributed by atoms with E-state index in [1.54, 1.807) is 25.3 Å². The third-order valence-electron chi connectivity index (χ3n) is 3.10. The fraction of sp³-hybridized carbons (Fsp3) is 0.462. The maximum absolute atomic E-state index is 12.3. The van der Waals surface area contributed by atoms with E-state index in [-0.39, 0.29) is 5.91 Å². The molecule has 4 heteroatoms. The fourth-order valence-corrected chi connectivity index (χ4v) is 2.16. The minimum Gasteiger partial charge on any atom is -0.496 e. The van der Waals surface area contributed by atoms with Gasteiger partial charge in [0, 0.05) is 18.8 Å². The fourth-order valence-electron chi connectivity index (χ4n) is 2.16. The monoisotopic (exact) mass is 234 g/mol. The summed E-state index contributed by atoms with van der Waals surface area (Å²) in [4.78, 5) is 14.2. The van der Waals surface area contributed by atoms with Crippen LogP contribution in [0.5, 0.6) is 5.75 Å². The number of anilines is 1. The summed E-state index contributed by atoms with van der Waals surface area (Å²) in [5.41, 5.74) is 6.88. The molecule has 1 aromatic rings. The standard InChI is InChI=1S/C13H18N2O2/c1-17-12-6-5-10(14)9-11(12)13(16)15-7-3-2-4-8-15/h5-6,9H,2-4,7-8,14H2,1H3. The van der Waals surface area contributed by atoms with Crippen LogP contribution in [0.3, 0.4) is 0 Å². The molecule has 92 valence electrons. The summed E-state index contributed by atoms with van der Waals surface area (Å²) in [6, 6.07) is 5.17. The Kier molecular flexibility index (Phi) is 3.52. The van der Waals surface area contributed by atoms with Gasteiger partial charge >= 0.3 is 0 Å². The number of hydrogen-bond acceptors (Lipinski definition) is 3. The number of methoxy groups -OCH3 is 1. The van der Waals surface area contributed by atoms with Gasteiger partial charge in [-0.1, -0.05) is 0 Å². The number of ether oxygens (including phenoxy) is 1. The van der Waals surface area contributed by atoms with Crippen LogP contribution in [0, 0.1) is 0 Å². The van der Waals surface area contributed by atoms with Crippen LogP contribution < -0.4 is 10.5 Å². The summed E-state index contributed by atoms with van der Waals surface area (Å²) >= 11 is 0. The Morgan fingerprint density at radius 2 is 2.00 bits per heavy atom. The third-order valence-corrected chi connectivity index (χ3v) is 3.10. The number of amides is 1. The number of piperidine rings is 1. The number of nitrogens with zero attached hydrogens (tertiary/aromatic N) is 1. The Bertz CT molecular complexity index is 412. The zero-order valence-corrected chi connectivity index (χ0v) is 10.1. The van der Waals surface area contributed by atoms with Gasteiger partial charge in [-0.2, -0.15) is 0 Å². The van der Waals surface area contributed by atoms with Gasteiger partial charge in [-0.25, -0.2) is 0 Å². The highest BCUT2D eigenvalue weighted by Gasteiger charge is 2.21. The highest BCUT2D eigenvalue weighted by molar-refractivity contribution is 5.97. The van der Waals surface area contributed by atoms with Crippen LogP contribution in [-0.4, -0.2) is 31.0 Å². The lowest BCUT2D eigenvalue weighted by Crippen LogP contribution is -2.35. The van der Waals surface area contributed by atoms with Crippen LogP contribution in [0.25, 0.3) is 0 Å². The number of carbonyl (C=O) groups excluding carboxylic acids is 1. The summed E-state index contributed by atoms with van der Waals surface area (Å²) < 4.78 is 5.21. The van der Waals surface area contributed by atoms with E-state index in [0.717, 1.165) is 25.9 Å². The van der Waals surface area contributed by atoms with Gasteiger partial charge in [0.1, 0.15) is 5.75 Å². The Balaban J connectivity index is 2.25. The first kappa shape index (κ1) is 11.8. The summed E-state index contributed by atoms with van der Waals surface area (Å²) in [6.07, 6.45) is 3.37. The van der Waals surface area contributed by atoms with Gasteiger partial charge in [0.25, 0.3) is 5.91 Å². The molecule has 1 aliphatic rings. The predicted molar refractivity (Wildman–Crippen MR) is 67.2 cm³/mol. The first-order chi connectivity index (χ1) is 8.22. The Hall–Kier alpha value is -1.71. The van der Waals surface area contributed by atoms with Crippen molar-refractivity contribution >= 4 is 11.6 Å². The number of rotatable bonds is 2. The molecule has 0 unspecified atom stereocenters. The molecule has 17 heavy (non-hydrogen) atoms. The second-order valence-electron chi connectivity index (χ2n) is 4.31. The first-order valence-electron chi connectivity index (χ1n) is 5.95. The molecule has 0 aromatic heterocycles. The summed E-state index contributed by atoms with van der Waals surface area (Å²) in [6.45, 7) is 1.66. The lowest BCUT2D eigenvalue weighted by Gasteiger charge is -2.27. The smallest absolute Gasteiger partial charge is 0.257 e. The van der Waals surface area contributed by atoms with Crippen molar-refractivity contribution in [3.8, 4) is 5.75 Å². The molecule has 1 saturated heterocycles. The Morgan fingerprint density at radius 3 is 2.65 bits per heavy atom. The summed E-state index contributed by atoms with van der Waals surface area (Å²) in [5.74, 6) is 0.614. The van der Waals surface area contributed by atoms with Gasteiger partial charge in [-0.15, -0.1) is 0 Å². The van der Waals surface area contributed by atoms with E-state index in [1.807, 2.05) is 4.90 Å². The van der Waals surface area contributed by atoms with Gasteiger partial charge in [-0.3, -0.25) is 4.79 Å². The van der Waals surface area contributed by atoms with E-state index in [4.69, 9.17) is 10.5 Å². The van der Waals surface area contributed by atoms with Crippen LogP contribution in [0.15, 0.2) is 18.2 Å². The molecule has 1 amide bonds. The van der Waals surface area contributed by atoms with Crippen LogP contribution in [0.4, 0.5) is 5.69 Å². The SMILES string of the molecule is COc1ccc(N)cc1C(=O)N1CCCCC1.